The summed E-state index contributed by atoms with van der Waals surface area (Å²) in [5.74, 6) is -1.35. The average Bonchev–Trinajstić information content (AvgIpc) is 3.22. The van der Waals surface area contributed by atoms with Crippen LogP contribution in [0.3, 0.4) is 0 Å². The van der Waals surface area contributed by atoms with Crippen LogP contribution in [0.1, 0.15) is 30.1 Å². The van der Waals surface area contributed by atoms with Crippen molar-refractivity contribution in [2.75, 3.05) is 23.3 Å². The number of anilines is 2. The van der Waals surface area contributed by atoms with Crippen molar-refractivity contribution in [1.29, 1.82) is 0 Å². The summed E-state index contributed by atoms with van der Waals surface area (Å²) >= 11 is 5.88. The van der Waals surface area contributed by atoms with E-state index in [1.807, 2.05) is 4.90 Å². The first-order valence-corrected chi connectivity index (χ1v) is 9.54. The predicted molar refractivity (Wildman–Crippen MR) is 110 cm³/mol. The number of carbonyl (C=O) groups is 2. The molecule has 1 N–H and O–H groups in total. The molecule has 8 nitrogen and oxygen atoms in total. The van der Waals surface area contributed by atoms with E-state index in [1.54, 1.807) is 30.3 Å². The van der Waals surface area contributed by atoms with Gasteiger partial charge in [0.15, 0.2) is 6.10 Å². The molecule has 0 saturated carbocycles. The number of nitrogens with zero attached hydrogens (tertiary/aromatic N) is 2. The number of esters is 1. The molecule has 1 atom stereocenters. The van der Waals surface area contributed by atoms with E-state index < -0.39 is 22.9 Å². The molecule has 1 saturated heterocycles. The first-order chi connectivity index (χ1) is 13.8. The molecule has 0 bridgehead atoms. The molecule has 0 radical (unpaired) electrons. The van der Waals surface area contributed by atoms with Crippen LogP contribution < -0.4 is 10.2 Å². The number of ether oxygens (including phenoxy) is 1. The molecule has 1 aliphatic heterocycles. The Morgan fingerprint density at radius 3 is 2.59 bits per heavy atom. The second-order valence-corrected chi connectivity index (χ2v) is 7.14. The van der Waals surface area contributed by atoms with Gasteiger partial charge in [0.25, 0.3) is 11.6 Å². The Labute approximate surface area is 172 Å². The Balaban J connectivity index is 1.70. The molecule has 152 valence electrons. The van der Waals surface area contributed by atoms with Crippen LogP contribution >= 0.6 is 11.6 Å². The van der Waals surface area contributed by atoms with Gasteiger partial charge in [-0.05, 0) is 50.1 Å². The summed E-state index contributed by atoms with van der Waals surface area (Å²) in [5, 5.41) is 14.5. The first kappa shape index (κ1) is 20.6. The predicted octanol–water partition coefficient (Wildman–Crippen LogP) is 4.03. The van der Waals surface area contributed by atoms with Gasteiger partial charge in [0.05, 0.1) is 10.5 Å². The van der Waals surface area contributed by atoms with Gasteiger partial charge in [-0.3, -0.25) is 14.9 Å². The molecule has 9 heteroatoms. The Kier molecular flexibility index (Phi) is 6.33. The third-order valence-electron chi connectivity index (χ3n) is 4.60. The Hall–Kier alpha value is -3.13. The summed E-state index contributed by atoms with van der Waals surface area (Å²) in [5.41, 5.74) is 0.811. The smallest absolute Gasteiger partial charge is 0.339 e. The number of nitro benzene ring substituents is 1. The number of rotatable bonds is 6. The van der Waals surface area contributed by atoms with Gasteiger partial charge in [-0.15, -0.1) is 0 Å². The lowest BCUT2D eigenvalue weighted by Gasteiger charge is -2.18. The number of halogens is 1. The van der Waals surface area contributed by atoms with Crippen molar-refractivity contribution < 1.29 is 19.2 Å². The SMILES string of the molecule is C[C@H](OC(=O)c1ccc(N2CCCC2)c([N+](=O)[O-])c1)C(=O)Nc1cccc(Cl)c1. The minimum absolute atomic E-state index is 0.0158. The van der Waals surface area contributed by atoms with Gasteiger partial charge in [-0.1, -0.05) is 17.7 Å². The molecule has 1 heterocycles. The second-order valence-electron chi connectivity index (χ2n) is 6.70. The van der Waals surface area contributed by atoms with Crippen LogP contribution in [0.25, 0.3) is 0 Å². The molecule has 29 heavy (non-hydrogen) atoms. The Morgan fingerprint density at radius 2 is 1.93 bits per heavy atom. The molecule has 0 spiro atoms. The highest BCUT2D eigenvalue weighted by Crippen LogP contribution is 2.32. The fraction of sp³-hybridized carbons (Fsp3) is 0.300. The standard InChI is InChI=1S/C20H20ClN3O5/c1-13(19(25)22-16-6-4-5-15(21)12-16)29-20(26)14-7-8-17(18(11-14)24(27)28)23-9-2-3-10-23/h4-8,11-13H,2-3,9-10H2,1H3,(H,22,25)/t13-/m0/s1. The average molecular weight is 418 g/mol. The van der Waals surface area contributed by atoms with E-state index >= 15 is 0 Å². The molecule has 0 unspecified atom stereocenters. The van der Waals surface area contributed by atoms with E-state index in [4.69, 9.17) is 16.3 Å². The van der Waals surface area contributed by atoms with Gasteiger partial charge in [-0.2, -0.15) is 0 Å². The lowest BCUT2D eigenvalue weighted by molar-refractivity contribution is -0.384. The van der Waals surface area contributed by atoms with Gasteiger partial charge >= 0.3 is 5.97 Å². The molecule has 2 aromatic rings. The highest BCUT2D eigenvalue weighted by Gasteiger charge is 2.25. The normalized spacial score (nSPS) is 14.3. The maximum absolute atomic E-state index is 12.4. The van der Waals surface area contributed by atoms with E-state index in [0.29, 0.717) is 16.4 Å². The van der Waals surface area contributed by atoms with Gasteiger partial charge in [0.2, 0.25) is 0 Å². The molecule has 3 rings (SSSR count). The van der Waals surface area contributed by atoms with Gasteiger partial charge < -0.3 is 15.0 Å². The fourth-order valence-electron chi connectivity index (χ4n) is 3.11. The van der Waals surface area contributed by atoms with E-state index in [0.717, 1.165) is 25.9 Å². The van der Waals surface area contributed by atoms with Crippen LogP contribution in [0.5, 0.6) is 0 Å². The number of benzene rings is 2. The van der Waals surface area contributed by atoms with Crippen LogP contribution in [0, 0.1) is 10.1 Å². The number of nitrogens with one attached hydrogen (secondary N) is 1. The van der Waals surface area contributed by atoms with Crippen LogP contribution in [0.15, 0.2) is 42.5 Å². The summed E-state index contributed by atoms with van der Waals surface area (Å²) < 4.78 is 5.18. The summed E-state index contributed by atoms with van der Waals surface area (Å²) in [6, 6.07) is 10.8. The number of carbonyl (C=O) groups excluding carboxylic acids is 2. The number of nitro groups is 1. The van der Waals surface area contributed by atoms with Crippen molar-refractivity contribution in [3.8, 4) is 0 Å². The van der Waals surface area contributed by atoms with Gasteiger partial charge in [0, 0.05) is 29.9 Å². The van der Waals surface area contributed by atoms with E-state index in [1.165, 1.54) is 19.1 Å². The molecule has 2 aromatic carbocycles. The maximum Gasteiger partial charge on any atom is 0.339 e. The van der Waals surface area contributed by atoms with Crippen LogP contribution in [-0.4, -0.2) is 36.0 Å². The number of hydrogen-bond acceptors (Lipinski definition) is 6. The van der Waals surface area contributed by atoms with Crippen molar-refractivity contribution in [3.63, 3.8) is 0 Å². The monoisotopic (exact) mass is 417 g/mol. The minimum Gasteiger partial charge on any atom is -0.449 e. The largest absolute Gasteiger partial charge is 0.449 e. The Morgan fingerprint density at radius 1 is 1.21 bits per heavy atom. The number of hydrogen-bond donors (Lipinski definition) is 1. The molecule has 1 amide bonds. The zero-order valence-corrected chi connectivity index (χ0v) is 16.5. The van der Waals surface area contributed by atoms with Crippen LogP contribution in [0.2, 0.25) is 5.02 Å². The highest BCUT2D eigenvalue weighted by atomic mass is 35.5. The third-order valence-corrected chi connectivity index (χ3v) is 4.83. The topological polar surface area (TPSA) is 102 Å². The third kappa shape index (κ3) is 5.03. The zero-order chi connectivity index (χ0) is 21.0. The molecule has 0 aliphatic carbocycles. The second kappa shape index (κ2) is 8.91. The highest BCUT2D eigenvalue weighted by molar-refractivity contribution is 6.30. The molecular weight excluding hydrogens is 398 g/mol. The summed E-state index contributed by atoms with van der Waals surface area (Å²) in [4.78, 5) is 37.5. The van der Waals surface area contributed by atoms with Crippen molar-refractivity contribution >= 4 is 40.5 Å². The van der Waals surface area contributed by atoms with Crippen molar-refractivity contribution in [2.45, 2.75) is 25.9 Å². The van der Waals surface area contributed by atoms with Crippen LogP contribution in [-0.2, 0) is 9.53 Å². The molecular formula is C20H20ClN3O5. The maximum atomic E-state index is 12.4. The van der Waals surface area contributed by atoms with Gasteiger partial charge in [-0.25, -0.2) is 4.79 Å². The summed E-state index contributed by atoms with van der Waals surface area (Å²) in [6.07, 6.45) is 0.847. The van der Waals surface area contributed by atoms with E-state index in [2.05, 4.69) is 5.32 Å². The summed E-state index contributed by atoms with van der Waals surface area (Å²) in [7, 11) is 0. The molecule has 1 aliphatic rings. The molecule has 1 fully saturated rings. The lowest BCUT2D eigenvalue weighted by atomic mass is 10.1. The Bertz CT molecular complexity index is 943. The quantitative estimate of drug-likeness (QED) is 0.432. The summed E-state index contributed by atoms with van der Waals surface area (Å²) in [6.45, 7) is 2.90. The van der Waals surface area contributed by atoms with E-state index in [9.17, 15) is 19.7 Å². The van der Waals surface area contributed by atoms with Crippen LogP contribution in [0.4, 0.5) is 17.1 Å². The number of amides is 1. The van der Waals surface area contributed by atoms with E-state index in [-0.39, 0.29) is 11.3 Å². The van der Waals surface area contributed by atoms with Crippen molar-refractivity contribution in [1.82, 2.24) is 0 Å². The fourth-order valence-corrected chi connectivity index (χ4v) is 3.30. The van der Waals surface area contributed by atoms with Crippen molar-refractivity contribution in [3.05, 3.63) is 63.2 Å². The zero-order valence-electron chi connectivity index (χ0n) is 15.8. The van der Waals surface area contributed by atoms with Crippen molar-refractivity contribution in [2.24, 2.45) is 0 Å². The minimum atomic E-state index is -1.10. The van der Waals surface area contributed by atoms with Gasteiger partial charge in [0.1, 0.15) is 5.69 Å². The molecule has 0 aromatic heterocycles. The first-order valence-electron chi connectivity index (χ1n) is 9.16. The lowest BCUT2D eigenvalue weighted by Crippen LogP contribution is -2.30.